The second-order valence-electron chi connectivity index (χ2n) is 5.61. The lowest BCUT2D eigenvalue weighted by atomic mass is 10.1. The van der Waals surface area contributed by atoms with Crippen LogP contribution in [-0.4, -0.2) is 17.1 Å². The normalized spacial score (nSPS) is 16.4. The predicted octanol–water partition coefficient (Wildman–Crippen LogP) is 3.75. The first kappa shape index (κ1) is 15.6. The molecule has 23 heavy (non-hydrogen) atoms. The van der Waals surface area contributed by atoms with Gasteiger partial charge in [0.25, 0.3) is 0 Å². The van der Waals surface area contributed by atoms with Crippen LogP contribution in [0.2, 0.25) is 0 Å². The van der Waals surface area contributed by atoms with E-state index in [4.69, 9.17) is 0 Å². The van der Waals surface area contributed by atoms with Crippen molar-refractivity contribution in [3.05, 3.63) is 53.6 Å². The molecule has 0 bridgehead atoms. The van der Waals surface area contributed by atoms with Gasteiger partial charge in [-0.3, -0.25) is 9.59 Å². The number of carbonyl (C=O) groups excluding carboxylic acids is 2. The van der Waals surface area contributed by atoms with Crippen molar-refractivity contribution >= 4 is 35.0 Å². The van der Waals surface area contributed by atoms with Crippen LogP contribution < -0.4 is 10.6 Å². The summed E-state index contributed by atoms with van der Waals surface area (Å²) < 4.78 is 0. The molecule has 2 N–H and O–H groups in total. The van der Waals surface area contributed by atoms with Crippen LogP contribution in [0.5, 0.6) is 0 Å². The molecule has 0 saturated heterocycles. The van der Waals surface area contributed by atoms with Crippen molar-refractivity contribution in [1.82, 2.24) is 0 Å². The van der Waals surface area contributed by atoms with Crippen molar-refractivity contribution < 1.29 is 9.59 Å². The highest BCUT2D eigenvalue weighted by atomic mass is 32.2. The molecule has 2 aromatic rings. The van der Waals surface area contributed by atoms with E-state index in [2.05, 4.69) is 10.6 Å². The Hall–Kier alpha value is -2.27. The molecule has 0 aliphatic carbocycles. The highest BCUT2D eigenvalue weighted by molar-refractivity contribution is 8.01. The summed E-state index contributed by atoms with van der Waals surface area (Å²) in [5, 5.41) is 5.39. The first-order chi connectivity index (χ1) is 11.0. The van der Waals surface area contributed by atoms with E-state index in [1.165, 1.54) is 11.8 Å². The Balaban J connectivity index is 1.70. The van der Waals surface area contributed by atoms with Gasteiger partial charge in [-0.25, -0.2) is 0 Å². The number of aryl methyl sites for hydroxylation is 2. The molecule has 0 aromatic heterocycles. The van der Waals surface area contributed by atoms with Crippen molar-refractivity contribution in [2.75, 3.05) is 10.6 Å². The van der Waals surface area contributed by atoms with E-state index in [0.717, 1.165) is 27.4 Å². The SMILES string of the molecule is Cc1cccc(C)c1NC(=O)C[C@@H]1Sc2ccccc2NC1=O. The van der Waals surface area contributed by atoms with E-state index in [1.54, 1.807) is 0 Å². The quantitative estimate of drug-likeness (QED) is 0.903. The molecule has 0 radical (unpaired) electrons. The number of carbonyl (C=O) groups is 2. The zero-order valence-electron chi connectivity index (χ0n) is 13.1. The summed E-state index contributed by atoms with van der Waals surface area (Å²) in [7, 11) is 0. The second-order valence-corrected chi connectivity index (χ2v) is 6.86. The molecule has 1 aliphatic heterocycles. The highest BCUT2D eigenvalue weighted by Gasteiger charge is 2.28. The zero-order chi connectivity index (χ0) is 16.4. The molecule has 0 spiro atoms. The first-order valence-electron chi connectivity index (χ1n) is 7.47. The number of hydrogen-bond acceptors (Lipinski definition) is 3. The van der Waals surface area contributed by atoms with Crippen LogP contribution in [0.3, 0.4) is 0 Å². The van der Waals surface area contributed by atoms with Gasteiger partial charge in [0.05, 0.1) is 10.9 Å². The third-order valence-corrected chi connectivity index (χ3v) is 5.10. The van der Waals surface area contributed by atoms with Crippen LogP contribution in [0.4, 0.5) is 11.4 Å². The van der Waals surface area contributed by atoms with Gasteiger partial charge in [-0.15, -0.1) is 11.8 Å². The third kappa shape index (κ3) is 3.40. The largest absolute Gasteiger partial charge is 0.326 e. The lowest BCUT2D eigenvalue weighted by molar-refractivity contribution is -0.120. The molecule has 0 unspecified atom stereocenters. The highest BCUT2D eigenvalue weighted by Crippen LogP contribution is 2.36. The zero-order valence-corrected chi connectivity index (χ0v) is 13.9. The Bertz CT molecular complexity index is 753. The lowest BCUT2D eigenvalue weighted by Gasteiger charge is -2.23. The number of rotatable bonds is 3. The third-order valence-electron chi connectivity index (χ3n) is 3.82. The van der Waals surface area contributed by atoms with E-state index >= 15 is 0 Å². The van der Waals surface area contributed by atoms with Crippen molar-refractivity contribution in [3.8, 4) is 0 Å². The van der Waals surface area contributed by atoms with E-state index in [0.29, 0.717) is 0 Å². The van der Waals surface area contributed by atoms with Gasteiger partial charge in [0, 0.05) is 17.0 Å². The molecule has 2 aromatic carbocycles. The molecule has 5 heteroatoms. The minimum absolute atomic E-state index is 0.120. The summed E-state index contributed by atoms with van der Waals surface area (Å²) in [5.41, 5.74) is 3.68. The van der Waals surface area contributed by atoms with Gasteiger partial charge in [0.2, 0.25) is 11.8 Å². The molecule has 2 amide bonds. The Morgan fingerprint density at radius 1 is 1.13 bits per heavy atom. The second kappa shape index (κ2) is 6.46. The maximum atomic E-state index is 12.3. The lowest BCUT2D eigenvalue weighted by Crippen LogP contribution is -2.32. The number of nitrogens with one attached hydrogen (secondary N) is 2. The summed E-state index contributed by atoms with van der Waals surface area (Å²) in [6, 6.07) is 13.5. The van der Waals surface area contributed by atoms with Gasteiger partial charge in [-0.2, -0.15) is 0 Å². The molecule has 0 fully saturated rings. The standard InChI is InChI=1S/C18H18N2O2S/c1-11-6-5-7-12(2)17(11)20-16(21)10-15-18(22)19-13-8-3-4-9-14(13)23-15/h3-9,15H,10H2,1-2H3,(H,19,22)(H,20,21)/t15-/m0/s1. The number of para-hydroxylation sites is 2. The number of fused-ring (bicyclic) bond motifs is 1. The molecule has 4 nitrogen and oxygen atoms in total. The fourth-order valence-electron chi connectivity index (χ4n) is 2.60. The van der Waals surface area contributed by atoms with Gasteiger partial charge in [-0.05, 0) is 37.1 Å². The minimum Gasteiger partial charge on any atom is -0.326 e. The fourth-order valence-corrected chi connectivity index (χ4v) is 3.71. The number of hydrogen-bond donors (Lipinski definition) is 2. The molecule has 0 saturated carbocycles. The van der Waals surface area contributed by atoms with Crippen LogP contribution in [0.1, 0.15) is 17.5 Å². The van der Waals surface area contributed by atoms with Gasteiger partial charge in [-0.1, -0.05) is 30.3 Å². The summed E-state index contributed by atoms with van der Waals surface area (Å²) in [6.45, 7) is 3.92. The summed E-state index contributed by atoms with van der Waals surface area (Å²) in [5.74, 6) is -0.264. The molecule has 1 heterocycles. The van der Waals surface area contributed by atoms with Crippen molar-refractivity contribution in [3.63, 3.8) is 0 Å². The molecule has 1 aliphatic rings. The average molecular weight is 326 g/mol. The van der Waals surface area contributed by atoms with Crippen LogP contribution in [-0.2, 0) is 9.59 Å². The van der Waals surface area contributed by atoms with Crippen LogP contribution in [0.15, 0.2) is 47.4 Å². The van der Waals surface area contributed by atoms with Gasteiger partial charge < -0.3 is 10.6 Å². The Labute approximate surface area is 139 Å². The molecule has 118 valence electrons. The van der Waals surface area contributed by atoms with E-state index in [-0.39, 0.29) is 18.2 Å². The van der Waals surface area contributed by atoms with Gasteiger partial charge in [0.1, 0.15) is 0 Å². The van der Waals surface area contributed by atoms with Gasteiger partial charge >= 0.3 is 0 Å². The number of anilines is 2. The number of benzene rings is 2. The Morgan fingerprint density at radius 2 is 1.83 bits per heavy atom. The summed E-state index contributed by atoms with van der Waals surface area (Å²) >= 11 is 1.44. The predicted molar refractivity (Wildman–Crippen MR) is 93.9 cm³/mol. The van der Waals surface area contributed by atoms with Crippen LogP contribution >= 0.6 is 11.8 Å². The van der Waals surface area contributed by atoms with Gasteiger partial charge in [0.15, 0.2) is 0 Å². The Kier molecular flexibility index (Phi) is 4.39. The minimum atomic E-state index is -0.408. The maximum absolute atomic E-state index is 12.3. The van der Waals surface area contributed by atoms with Crippen LogP contribution in [0.25, 0.3) is 0 Å². The van der Waals surface area contributed by atoms with E-state index in [9.17, 15) is 9.59 Å². The first-order valence-corrected chi connectivity index (χ1v) is 8.35. The van der Waals surface area contributed by atoms with E-state index in [1.807, 2.05) is 56.3 Å². The van der Waals surface area contributed by atoms with E-state index < -0.39 is 5.25 Å². The molecular formula is C18H18N2O2S. The van der Waals surface area contributed by atoms with Crippen molar-refractivity contribution in [2.24, 2.45) is 0 Å². The molecule has 3 rings (SSSR count). The smallest absolute Gasteiger partial charge is 0.238 e. The topological polar surface area (TPSA) is 58.2 Å². The number of amides is 2. The van der Waals surface area contributed by atoms with Crippen molar-refractivity contribution in [2.45, 2.75) is 30.4 Å². The van der Waals surface area contributed by atoms with Crippen molar-refractivity contribution in [1.29, 1.82) is 0 Å². The maximum Gasteiger partial charge on any atom is 0.238 e. The Morgan fingerprint density at radius 3 is 2.57 bits per heavy atom. The number of thioether (sulfide) groups is 1. The summed E-state index contributed by atoms with van der Waals surface area (Å²) in [6.07, 6.45) is 0.151. The monoisotopic (exact) mass is 326 g/mol. The molecular weight excluding hydrogens is 308 g/mol. The molecule has 1 atom stereocenters. The summed E-state index contributed by atoms with van der Waals surface area (Å²) in [4.78, 5) is 25.5. The fraction of sp³-hybridized carbons (Fsp3) is 0.222. The average Bonchev–Trinajstić information content (AvgIpc) is 2.52. The van der Waals surface area contributed by atoms with Crippen LogP contribution in [0, 0.1) is 13.8 Å².